The highest BCUT2D eigenvalue weighted by atomic mass is 19.1. The van der Waals surface area contributed by atoms with E-state index in [0.717, 1.165) is 33.9 Å². The Morgan fingerprint density at radius 2 is 1.54 bits per heavy atom. The number of carbonyl (C=O) groups is 2. The highest BCUT2D eigenvalue weighted by Crippen LogP contribution is 2.22. The van der Waals surface area contributed by atoms with Crippen LogP contribution in [-0.2, 0) is 29.0 Å². The molecule has 0 spiro atoms. The number of nitrogens with zero attached hydrogens (tertiary/aromatic N) is 1. The summed E-state index contributed by atoms with van der Waals surface area (Å²) in [7, 11) is 0. The molecule has 5 heteroatoms. The molecule has 190 valence electrons. The second-order valence-corrected chi connectivity index (χ2v) is 9.28. The summed E-state index contributed by atoms with van der Waals surface area (Å²) >= 11 is 0. The molecular formula is C32H33FN2O2. The fourth-order valence-corrected chi connectivity index (χ4v) is 4.60. The zero-order valence-corrected chi connectivity index (χ0v) is 21.2. The maximum Gasteiger partial charge on any atom is 0.243 e. The van der Waals surface area contributed by atoms with E-state index in [1.807, 2.05) is 55.5 Å². The van der Waals surface area contributed by atoms with Crippen molar-refractivity contribution in [3.63, 3.8) is 0 Å². The first-order chi connectivity index (χ1) is 18.0. The van der Waals surface area contributed by atoms with Gasteiger partial charge in [-0.3, -0.25) is 9.59 Å². The Hall–Kier alpha value is -3.99. The Morgan fingerprint density at radius 1 is 0.838 bits per heavy atom. The summed E-state index contributed by atoms with van der Waals surface area (Å²) in [6.45, 7) is 2.77. The molecule has 4 aromatic rings. The number of amides is 2. The lowest BCUT2D eigenvalue weighted by Crippen LogP contribution is -2.50. The van der Waals surface area contributed by atoms with E-state index in [4.69, 9.17) is 0 Å². The summed E-state index contributed by atoms with van der Waals surface area (Å²) in [6.07, 6.45) is 2.03. The molecule has 0 aliphatic rings. The predicted octanol–water partition coefficient (Wildman–Crippen LogP) is 6.08. The summed E-state index contributed by atoms with van der Waals surface area (Å²) < 4.78 is 13.6. The van der Waals surface area contributed by atoms with Crippen LogP contribution >= 0.6 is 0 Å². The van der Waals surface area contributed by atoms with E-state index in [0.29, 0.717) is 19.4 Å². The van der Waals surface area contributed by atoms with Gasteiger partial charge in [0, 0.05) is 25.9 Å². The van der Waals surface area contributed by atoms with E-state index in [1.54, 1.807) is 17.0 Å². The van der Waals surface area contributed by atoms with Gasteiger partial charge in [0.2, 0.25) is 11.8 Å². The van der Waals surface area contributed by atoms with Gasteiger partial charge in [0.05, 0.1) is 0 Å². The smallest absolute Gasteiger partial charge is 0.243 e. The maximum absolute atomic E-state index is 13.8. The number of carbonyl (C=O) groups excluding carboxylic acids is 2. The minimum Gasteiger partial charge on any atom is -0.354 e. The van der Waals surface area contributed by atoms with Gasteiger partial charge in [-0.15, -0.1) is 0 Å². The summed E-state index contributed by atoms with van der Waals surface area (Å²) in [4.78, 5) is 28.8. The van der Waals surface area contributed by atoms with E-state index in [2.05, 4.69) is 29.6 Å². The molecule has 4 aromatic carbocycles. The van der Waals surface area contributed by atoms with Crippen molar-refractivity contribution in [2.45, 2.75) is 45.2 Å². The standard InChI is InChI=1S/C32H33FN2O2/c1-2-21-34-32(37)30(22-24-9-4-3-5-10-24)35(23-25-15-18-28(33)19-16-25)31(36)20-17-27-13-8-12-26-11-6-7-14-29(26)27/h3-16,18-19,30H,2,17,20-23H2,1H3,(H,34,37)/t30-/m1/s1. The SMILES string of the molecule is CCCNC(=O)[C@@H](Cc1ccccc1)N(Cc1ccc(F)cc1)C(=O)CCc1cccc2ccccc12. The molecule has 0 aliphatic carbocycles. The second kappa shape index (κ2) is 12.8. The van der Waals surface area contributed by atoms with Crippen LogP contribution in [0.3, 0.4) is 0 Å². The van der Waals surface area contributed by atoms with Gasteiger partial charge < -0.3 is 10.2 Å². The lowest BCUT2D eigenvalue weighted by Gasteiger charge is -2.31. The zero-order valence-electron chi connectivity index (χ0n) is 21.2. The predicted molar refractivity (Wildman–Crippen MR) is 146 cm³/mol. The third-order valence-electron chi connectivity index (χ3n) is 6.57. The third-order valence-corrected chi connectivity index (χ3v) is 6.57. The second-order valence-electron chi connectivity index (χ2n) is 9.28. The topological polar surface area (TPSA) is 49.4 Å². The van der Waals surface area contributed by atoms with Gasteiger partial charge in [-0.05, 0) is 52.4 Å². The van der Waals surface area contributed by atoms with Crippen LogP contribution in [0.1, 0.15) is 36.5 Å². The Bertz CT molecular complexity index is 1320. The Kier molecular flexibility index (Phi) is 9.03. The molecule has 0 aliphatic heterocycles. The molecule has 0 radical (unpaired) electrons. The monoisotopic (exact) mass is 496 g/mol. The Labute approximate surface area is 218 Å². The summed E-state index contributed by atoms with van der Waals surface area (Å²) in [5.74, 6) is -0.615. The van der Waals surface area contributed by atoms with Crippen LogP contribution in [-0.4, -0.2) is 29.3 Å². The Balaban J connectivity index is 1.62. The van der Waals surface area contributed by atoms with Gasteiger partial charge in [0.25, 0.3) is 0 Å². The van der Waals surface area contributed by atoms with Crippen molar-refractivity contribution in [2.75, 3.05) is 6.54 Å². The van der Waals surface area contributed by atoms with Gasteiger partial charge in [-0.25, -0.2) is 4.39 Å². The fraction of sp³-hybridized carbons (Fsp3) is 0.250. The fourth-order valence-electron chi connectivity index (χ4n) is 4.60. The molecule has 1 atom stereocenters. The number of nitrogens with one attached hydrogen (secondary N) is 1. The van der Waals surface area contributed by atoms with Crippen LogP contribution < -0.4 is 5.32 Å². The average Bonchev–Trinajstić information content (AvgIpc) is 2.93. The van der Waals surface area contributed by atoms with Crippen molar-refractivity contribution in [3.05, 3.63) is 120 Å². The van der Waals surface area contributed by atoms with E-state index in [1.165, 1.54) is 12.1 Å². The third kappa shape index (κ3) is 7.04. The molecule has 0 saturated carbocycles. The van der Waals surface area contributed by atoms with E-state index < -0.39 is 6.04 Å². The first-order valence-electron chi connectivity index (χ1n) is 12.9. The van der Waals surface area contributed by atoms with Crippen molar-refractivity contribution in [3.8, 4) is 0 Å². The van der Waals surface area contributed by atoms with E-state index >= 15 is 0 Å². The number of halogens is 1. The molecular weight excluding hydrogens is 463 g/mol. The van der Waals surface area contributed by atoms with E-state index in [-0.39, 0.29) is 30.6 Å². The first-order valence-corrected chi connectivity index (χ1v) is 12.9. The molecule has 0 aromatic heterocycles. The molecule has 4 nitrogen and oxygen atoms in total. The normalized spacial score (nSPS) is 11.7. The average molecular weight is 497 g/mol. The molecule has 0 unspecified atom stereocenters. The number of fused-ring (bicyclic) bond motifs is 1. The molecule has 37 heavy (non-hydrogen) atoms. The number of aryl methyl sites for hydroxylation is 1. The van der Waals surface area contributed by atoms with Crippen LogP contribution in [0.4, 0.5) is 4.39 Å². The van der Waals surface area contributed by atoms with E-state index in [9.17, 15) is 14.0 Å². The highest BCUT2D eigenvalue weighted by Gasteiger charge is 2.30. The highest BCUT2D eigenvalue weighted by molar-refractivity contribution is 5.89. The number of hydrogen-bond donors (Lipinski definition) is 1. The molecule has 0 bridgehead atoms. The molecule has 4 rings (SSSR count). The minimum absolute atomic E-state index is 0.107. The van der Waals surface area contributed by atoms with Crippen LogP contribution in [0.5, 0.6) is 0 Å². The van der Waals surface area contributed by atoms with Crippen molar-refractivity contribution in [1.82, 2.24) is 10.2 Å². The number of rotatable bonds is 11. The van der Waals surface area contributed by atoms with Crippen LogP contribution in [0.2, 0.25) is 0 Å². The summed E-state index contributed by atoms with van der Waals surface area (Å²) in [6, 6.07) is 29.4. The lowest BCUT2D eigenvalue weighted by molar-refractivity contribution is -0.141. The number of benzene rings is 4. The molecule has 0 heterocycles. The van der Waals surface area contributed by atoms with Gasteiger partial charge in [-0.1, -0.05) is 91.9 Å². The van der Waals surface area contributed by atoms with Crippen molar-refractivity contribution < 1.29 is 14.0 Å². The Morgan fingerprint density at radius 3 is 2.30 bits per heavy atom. The van der Waals surface area contributed by atoms with Crippen molar-refractivity contribution in [1.29, 1.82) is 0 Å². The summed E-state index contributed by atoms with van der Waals surface area (Å²) in [5, 5.41) is 5.25. The van der Waals surface area contributed by atoms with Gasteiger partial charge >= 0.3 is 0 Å². The van der Waals surface area contributed by atoms with Crippen molar-refractivity contribution in [2.24, 2.45) is 0 Å². The number of hydrogen-bond acceptors (Lipinski definition) is 2. The van der Waals surface area contributed by atoms with Crippen molar-refractivity contribution >= 4 is 22.6 Å². The zero-order chi connectivity index (χ0) is 26.0. The van der Waals surface area contributed by atoms with Crippen LogP contribution in [0, 0.1) is 5.82 Å². The first kappa shape index (κ1) is 26.1. The lowest BCUT2D eigenvalue weighted by atomic mass is 9.99. The minimum atomic E-state index is -0.681. The van der Waals surface area contributed by atoms with Crippen LogP contribution in [0.25, 0.3) is 10.8 Å². The largest absolute Gasteiger partial charge is 0.354 e. The van der Waals surface area contributed by atoms with Gasteiger partial charge in [0.15, 0.2) is 0 Å². The molecule has 0 fully saturated rings. The molecule has 2 amide bonds. The molecule has 0 saturated heterocycles. The summed E-state index contributed by atoms with van der Waals surface area (Å²) in [5.41, 5.74) is 2.86. The maximum atomic E-state index is 13.8. The quantitative estimate of drug-likeness (QED) is 0.274. The molecule has 1 N–H and O–H groups in total. The van der Waals surface area contributed by atoms with Gasteiger partial charge in [-0.2, -0.15) is 0 Å². The van der Waals surface area contributed by atoms with Crippen LogP contribution in [0.15, 0.2) is 97.1 Å². The van der Waals surface area contributed by atoms with Gasteiger partial charge in [0.1, 0.15) is 11.9 Å².